The number of fused-ring (bicyclic) bond motifs is 1. The van der Waals surface area contributed by atoms with Crippen molar-refractivity contribution in [3.05, 3.63) is 71.0 Å². The number of nitrogens with zero attached hydrogens (tertiary/aromatic N) is 4. The van der Waals surface area contributed by atoms with Gasteiger partial charge in [0.1, 0.15) is 10.7 Å². The number of aryl methyl sites for hydroxylation is 2. The Bertz CT molecular complexity index is 1650. The first-order valence-corrected chi connectivity index (χ1v) is 16.0. The number of hydrogen-bond acceptors (Lipinski definition) is 7. The molecule has 0 unspecified atom stereocenters. The van der Waals surface area contributed by atoms with Crippen molar-refractivity contribution in [1.82, 2.24) is 19.9 Å². The van der Waals surface area contributed by atoms with Crippen LogP contribution in [0.15, 0.2) is 59.6 Å². The Morgan fingerprint density at radius 3 is 2.41 bits per heavy atom. The van der Waals surface area contributed by atoms with E-state index in [2.05, 4.69) is 58.1 Å². The molecule has 0 radical (unpaired) electrons. The SMILES string of the molecule is CCc1nc(NS(=O)(=O)c2ccccc2Cl)ccc1-c1cc(CC)c2nc(N[C@H]3CC[C@H](N(C)C)CC3)ncc2c1. The van der Waals surface area contributed by atoms with Crippen LogP contribution in [0.4, 0.5) is 11.8 Å². The molecule has 2 aromatic heterocycles. The summed E-state index contributed by atoms with van der Waals surface area (Å²) in [6.45, 7) is 4.13. The topological polar surface area (TPSA) is 100 Å². The highest BCUT2D eigenvalue weighted by Crippen LogP contribution is 2.32. The van der Waals surface area contributed by atoms with Gasteiger partial charge in [0.25, 0.3) is 10.0 Å². The second kappa shape index (κ2) is 12.3. The van der Waals surface area contributed by atoms with Crippen LogP contribution in [0.2, 0.25) is 5.02 Å². The fourth-order valence-electron chi connectivity index (χ4n) is 5.58. The molecule has 0 saturated heterocycles. The molecule has 4 aromatic rings. The molecule has 2 heterocycles. The molecule has 1 fully saturated rings. The van der Waals surface area contributed by atoms with E-state index in [1.807, 2.05) is 19.2 Å². The van der Waals surface area contributed by atoms with E-state index in [4.69, 9.17) is 16.6 Å². The summed E-state index contributed by atoms with van der Waals surface area (Å²) in [6.07, 6.45) is 7.92. The van der Waals surface area contributed by atoms with E-state index < -0.39 is 10.0 Å². The lowest BCUT2D eigenvalue weighted by atomic mass is 9.90. The van der Waals surface area contributed by atoms with E-state index in [-0.39, 0.29) is 15.7 Å². The van der Waals surface area contributed by atoms with Crippen LogP contribution >= 0.6 is 11.6 Å². The molecule has 1 aliphatic carbocycles. The zero-order valence-electron chi connectivity index (χ0n) is 24.0. The van der Waals surface area contributed by atoms with E-state index in [1.54, 1.807) is 24.3 Å². The summed E-state index contributed by atoms with van der Waals surface area (Å²) < 4.78 is 28.5. The van der Waals surface area contributed by atoms with Crippen molar-refractivity contribution in [3.8, 4) is 11.1 Å². The molecule has 0 bridgehead atoms. The molecule has 0 aliphatic heterocycles. The molecule has 10 heteroatoms. The van der Waals surface area contributed by atoms with Crippen molar-refractivity contribution in [3.63, 3.8) is 0 Å². The first-order valence-electron chi connectivity index (χ1n) is 14.2. The first-order chi connectivity index (χ1) is 19.7. The van der Waals surface area contributed by atoms with Gasteiger partial charge in [-0.05, 0) is 100 Å². The van der Waals surface area contributed by atoms with Crippen molar-refractivity contribution in [2.45, 2.75) is 69.4 Å². The zero-order chi connectivity index (χ0) is 29.1. The number of benzene rings is 2. The Morgan fingerprint density at radius 2 is 1.73 bits per heavy atom. The van der Waals surface area contributed by atoms with Crippen molar-refractivity contribution in [2.24, 2.45) is 0 Å². The number of rotatable bonds is 9. The summed E-state index contributed by atoms with van der Waals surface area (Å²) in [5.74, 6) is 0.931. The lowest BCUT2D eigenvalue weighted by Gasteiger charge is -2.33. The van der Waals surface area contributed by atoms with Gasteiger partial charge in [-0.1, -0.05) is 37.6 Å². The summed E-state index contributed by atoms with van der Waals surface area (Å²) >= 11 is 6.13. The van der Waals surface area contributed by atoms with E-state index in [1.165, 1.54) is 18.9 Å². The monoisotopic (exact) mass is 592 g/mol. The highest BCUT2D eigenvalue weighted by Gasteiger charge is 2.23. The van der Waals surface area contributed by atoms with Gasteiger partial charge < -0.3 is 10.2 Å². The van der Waals surface area contributed by atoms with Crippen LogP contribution in [-0.4, -0.2) is 54.4 Å². The molecule has 1 saturated carbocycles. The van der Waals surface area contributed by atoms with Crippen molar-refractivity contribution >= 4 is 44.3 Å². The van der Waals surface area contributed by atoms with Gasteiger partial charge in [0.2, 0.25) is 5.95 Å². The summed E-state index contributed by atoms with van der Waals surface area (Å²) in [5.41, 5.74) is 4.82. The van der Waals surface area contributed by atoms with Crippen molar-refractivity contribution in [1.29, 1.82) is 0 Å². The van der Waals surface area contributed by atoms with E-state index in [0.717, 1.165) is 52.5 Å². The maximum absolute atomic E-state index is 12.9. The Hall–Kier alpha value is -3.27. The predicted octanol–water partition coefficient (Wildman–Crippen LogP) is 6.56. The first kappa shape index (κ1) is 29.2. The van der Waals surface area contributed by atoms with Crippen LogP contribution in [0.25, 0.3) is 22.0 Å². The highest BCUT2D eigenvalue weighted by molar-refractivity contribution is 7.92. The van der Waals surface area contributed by atoms with Gasteiger partial charge in [-0.15, -0.1) is 0 Å². The Kier molecular flexibility index (Phi) is 8.77. The molecular weight excluding hydrogens is 556 g/mol. The Balaban J connectivity index is 1.40. The minimum absolute atomic E-state index is 0.0165. The minimum Gasteiger partial charge on any atom is -0.351 e. The van der Waals surface area contributed by atoms with Crippen molar-refractivity contribution in [2.75, 3.05) is 24.1 Å². The molecule has 41 heavy (non-hydrogen) atoms. The summed E-state index contributed by atoms with van der Waals surface area (Å²) in [5, 5.41) is 4.70. The van der Waals surface area contributed by atoms with Crippen LogP contribution in [0, 0.1) is 0 Å². The van der Waals surface area contributed by atoms with Crippen LogP contribution in [-0.2, 0) is 22.9 Å². The lowest BCUT2D eigenvalue weighted by Crippen LogP contribution is -2.36. The zero-order valence-corrected chi connectivity index (χ0v) is 25.6. The largest absolute Gasteiger partial charge is 0.351 e. The molecule has 2 N–H and O–H groups in total. The average molecular weight is 593 g/mol. The van der Waals surface area contributed by atoms with Gasteiger partial charge in [0, 0.05) is 29.2 Å². The number of nitrogens with one attached hydrogen (secondary N) is 2. The molecule has 0 amide bonds. The number of halogens is 1. The maximum Gasteiger partial charge on any atom is 0.264 e. The van der Waals surface area contributed by atoms with Crippen LogP contribution in [0.1, 0.15) is 50.8 Å². The van der Waals surface area contributed by atoms with Gasteiger partial charge in [-0.25, -0.2) is 23.4 Å². The van der Waals surface area contributed by atoms with Gasteiger partial charge in [-0.2, -0.15) is 0 Å². The van der Waals surface area contributed by atoms with E-state index in [0.29, 0.717) is 24.5 Å². The van der Waals surface area contributed by atoms with Crippen LogP contribution in [0.5, 0.6) is 0 Å². The average Bonchev–Trinajstić information content (AvgIpc) is 2.96. The number of anilines is 2. The standard InChI is InChI=1S/C31H37ClN6O2S/c1-5-20-17-21(18-22-19-33-31(36-30(20)22)34-23-11-13-24(14-12-23)38(3)4)25-15-16-29(35-27(25)6-2)37-41(39,40)28-10-8-7-9-26(28)32/h7-10,15-19,23-24H,5-6,11-14H2,1-4H3,(H,35,37)(H,33,34,36)/t23-,24-. The van der Waals surface area contributed by atoms with Gasteiger partial charge in [0.05, 0.1) is 16.2 Å². The molecule has 0 spiro atoms. The normalized spacial score (nSPS) is 17.6. The third-order valence-corrected chi connectivity index (χ3v) is 9.74. The number of aromatic nitrogens is 3. The van der Waals surface area contributed by atoms with Gasteiger partial charge in [-0.3, -0.25) is 4.72 Å². The molecule has 216 valence electrons. The fourth-order valence-corrected chi connectivity index (χ4v) is 7.10. The quantitative estimate of drug-likeness (QED) is 0.227. The second-order valence-electron chi connectivity index (χ2n) is 10.8. The van der Waals surface area contributed by atoms with Crippen LogP contribution < -0.4 is 10.0 Å². The van der Waals surface area contributed by atoms with Crippen LogP contribution in [0.3, 0.4) is 0 Å². The number of hydrogen-bond donors (Lipinski definition) is 2. The van der Waals surface area contributed by atoms with Crippen molar-refractivity contribution < 1.29 is 8.42 Å². The fraction of sp³-hybridized carbons (Fsp3) is 0.387. The molecule has 8 nitrogen and oxygen atoms in total. The summed E-state index contributed by atoms with van der Waals surface area (Å²) in [4.78, 5) is 16.6. The summed E-state index contributed by atoms with van der Waals surface area (Å²) in [7, 11) is 0.435. The van der Waals surface area contributed by atoms with E-state index >= 15 is 0 Å². The third-order valence-electron chi connectivity index (χ3n) is 7.89. The maximum atomic E-state index is 12.9. The molecule has 1 aliphatic rings. The van der Waals surface area contributed by atoms with Gasteiger partial charge in [0.15, 0.2) is 0 Å². The third kappa shape index (κ3) is 6.47. The highest BCUT2D eigenvalue weighted by atomic mass is 35.5. The predicted molar refractivity (Wildman–Crippen MR) is 167 cm³/mol. The second-order valence-corrected chi connectivity index (χ2v) is 12.9. The molecule has 5 rings (SSSR count). The molecule has 0 atom stereocenters. The molecule has 2 aromatic carbocycles. The number of sulfonamides is 1. The Morgan fingerprint density at radius 1 is 0.976 bits per heavy atom. The molecular formula is C31H37ClN6O2S. The lowest BCUT2D eigenvalue weighted by molar-refractivity contribution is 0.221. The summed E-state index contributed by atoms with van der Waals surface area (Å²) in [6, 6.07) is 15.2. The van der Waals surface area contributed by atoms with Gasteiger partial charge >= 0.3 is 0 Å². The number of pyridine rings is 1. The minimum atomic E-state index is -3.88. The Labute approximate surface area is 247 Å². The van der Waals surface area contributed by atoms with E-state index in [9.17, 15) is 8.42 Å². The smallest absolute Gasteiger partial charge is 0.264 e.